The van der Waals surface area contributed by atoms with Crippen molar-refractivity contribution in [2.45, 2.75) is 6.04 Å². The number of hydrogen-bond donors (Lipinski definition) is 1. The molecule has 1 atom stereocenters. The highest BCUT2D eigenvalue weighted by Crippen LogP contribution is 2.27. The molecule has 2 aromatic heterocycles. The molecule has 0 spiro atoms. The van der Waals surface area contributed by atoms with Crippen molar-refractivity contribution >= 4 is 11.0 Å². The summed E-state index contributed by atoms with van der Waals surface area (Å²) in [5.41, 5.74) is 1.56. The molecule has 1 N–H and O–H groups in total. The Morgan fingerprint density at radius 2 is 2.05 bits per heavy atom. The number of aromatic nitrogens is 1. The third-order valence-electron chi connectivity index (χ3n) is 3.06. The zero-order chi connectivity index (χ0) is 13.2. The number of rotatable bonds is 3. The number of para-hydroxylation sites is 1. The van der Waals surface area contributed by atoms with Crippen LogP contribution in [0.25, 0.3) is 11.0 Å². The first kappa shape index (κ1) is 11.9. The van der Waals surface area contributed by atoms with Crippen molar-refractivity contribution in [1.82, 2.24) is 10.3 Å². The molecule has 0 aliphatic carbocycles. The summed E-state index contributed by atoms with van der Waals surface area (Å²) < 4.78 is 18.7. The Morgan fingerprint density at radius 3 is 2.74 bits per heavy atom. The third-order valence-corrected chi connectivity index (χ3v) is 3.06. The van der Waals surface area contributed by atoms with E-state index >= 15 is 0 Å². The lowest BCUT2D eigenvalue weighted by Crippen LogP contribution is -2.18. The molecule has 1 aromatic carbocycles. The van der Waals surface area contributed by atoms with E-state index in [2.05, 4.69) is 10.3 Å². The molecule has 3 rings (SSSR count). The molecular formula is C15H13FN2O. The maximum Gasteiger partial charge on any atom is 0.141 e. The molecule has 1 unspecified atom stereocenters. The molecule has 0 saturated heterocycles. The molecule has 0 amide bonds. The molecule has 19 heavy (non-hydrogen) atoms. The van der Waals surface area contributed by atoms with Crippen LogP contribution in [-0.2, 0) is 0 Å². The Labute approximate surface area is 110 Å². The van der Waals surface area contributed by atoms with E-state index in [1.54, 1.807) is 6.07 Å². The van der Waals surface area contributed by atoms with Crippen LogP contribution in [0.5, 0.6) is 0 Å². The first-order valence-corrected chi connectivity index (χ1v) is 6.05. The van der Waals surface area contributed by atoms with Gasteiger partial charge in [-0.15, -0.1) is 0 Å². The Hall–Kier alpha value is -2.20. The quantitative estimate of drug-likeness (QED) is 0.781. The summed E-state index contributed by atoms with van der Waals surface area (Å²) in [6, 6.07) is 12.6. The summed E-state index contributed by atoms with van der Waals surface area (Å²) in [6.45, 7) is 0. The van der Waals surface area contributed by atoms with E-state index in [0.29, 0.717) is 0 Å². The van der Waals surface area contributed by atoms with E-state index in [1.165, 1.54) is 12.3 Å². The van der Waals surface area contributed by atoms with Gasteiger partial charge in [0.15, 0.2) is 0 Å². The van der Waals surface area contributed by atoms with E-state index in [9.17, 15) is 4.39 Å². The number of halogens is 1. The van der Waals surface area contributed by atoms with Crippen LogP contribution < -0.4 is 5.32 Å². The molecule has 96 valence electrons. The lowest BCUT2D eigenvalue weighted by Gasteiger charge is -2.12. The minimum Gasteiger partial charge on any atom is -0.459 e. The van der Waals surface area contributed by atoms with Gasteiger partial charge in [-0.05, 0) is 31.3 Å². The van der Waals surface area contributed by atoms with Gasteiger partial charge >= 0.3 is 0 Å². The molecule has 0 radical (unpaired) electrons. The molecule has 2 heterocycles. The SMILES string of the molecule is CNC(c1ccc(F)cn1)c1cc2ccccc2o1. The number of nitrogens with one attached hydrogen (secondary N) is 1. The van der Waals surface area contributed by atoms with Gasteiger partial charge in [-0.25, -0.2) is 4.39 Å². The van der Waals surface area contributed by atoms with Crippen molar-refractivity contribution in [3.8, 4) is 0 Å². The first-order valence-electron chi connectivity index (χ1n) is 6.05. The van der Waals surface area contributed by atoms with E-state index in [1.807, 2.05) is 37.4 Å². The van der Waals surface area contributed by atoms with E-state index in [-0.39, 0.29) is 11.9 Å². The van der Waals surface area contributed by atoms with E-state index in [0.717, 1.165) is 22.4 Å². The molecule has 0 aliphatic heterocycles. The largest absolute Gasteiger partial charge is 0.459 e. The maximum absolute atomic E-state index is 12.9. The number of nitrogens with zero attached hydrogens (tertiary/aromatic N) is 1. The predicted octanol–water partition coefficient (Wildman–Crippen LogP) is 3.28. The number of benzene rings is 1. The van der Waals surface area contributed by atoms with Crippen LogP contribution in [0.1, 0.15) is 17.5 Å². The highest BCUT2D eigenvalue weighted by Gasteiger charge is 2.17. The van der Waals surface area contributed by atoms with Crippen LogP contribution in [0, 0.1) is 5.82 Å². The third kappa shape index (κ3) is 2.22. The molecule has 0 fully saturated rings. The standard InChI is InChI=1S/C15H13FN2O/c1-17-15(12-7-6-11(16)9-18-12)14-8-10-4-2-3-5-13(10)19-14/h2-9,15,17H,1H3. The van der Waals surface area contributed by atoms with Crippen molar-refractivity contribution < 1.29 is 8.81 Å². The average Bonchev–Trinajstić information content (AvgIpc) is 2.85. The van der Waals surface area contributed by atoms with Gasteiger partial charge < -0.3 is 9.73 Å². The van der Waals surface area contributed by atoms with Crippen LogP contribution in [0.4, 0.5) is 4.39 Å². The molecule has 3 aromatic rings. The summed E-state index contributed by atoms with van der Waals surface area (Å²) in [7, 11) is 1.82. The summed E-state index contributed by atoms with van der Waals surface area (Å²) in [4.78, 5) is 4.10. The molecule has 0 saturated carbocycles. The second kappa shape index (κ2) is 4.82. The maximum atomic E-state index is 12.9. The first-order chi connectivity index (χ1) is 9.28. The number of furan rings is 1. The van der Waals surface area contributed by atoms with Crippen molar-refractivity contribution in [3.63, 3.8) is 0 Å². The fraction of sp³-hybridized carbons (Fsp3) is 0.133. The van der Waals surface area contributed by atoms with Crippen molar-refractivity contribution in [2.75, 3.05) is 7.05 Å². The lowest BCUT2D eigenvalue weighted by molar-refractivity contribution is 0.484. The summed E-state index contributed by atoms with van der Waals surface area (Å²) >= 11 is 0. The Balaban J connectivity index is 2.04. The summed E-state index contributed by atoms with van der Waals surface area (Å²) in [5, 5.41) is 4.18. The second-order valence-corrected chi connectivity index (χ2v) is 4.31. The molecule has 0 aliphatic rings. The highest BCUT2D eigenvalue weighted by atomic mass is 19.1. The number of fused-ring (bicyclic) bond motifs is 1. The van der Waals surface area contributed by atoms with Crippen LogP contribution in [0.15, 0.2) is 53.1 Å². The van der Waals surface area contributed by atoms with Crippen LogP contribution >= 0.6 is 0 Å². The van der Waals surface area contributed by atoms with Gasteiger partial charge in [0.2, 0.25) is 0 Å². The van der Waals surface area contributed by atoms with Gasteiger partial charge in [-0.2, -0.15) is 0 Å². The van der Waals surface area contributed by atoms with Crippen molar-refractivity contribution in [2.24, 2.45) is 0 Å². The summed E-state index contributed by atoms with van der Waals surface area (Å²) in [5.74, 6) is 0.422. The van der Waals surface area contributed by atoms with Crippen LogP contribution in [0.2, 0.25) is 0 Å². The van der Waals surface area contributed by atoms with Crippen molar-refractivity contribution in [3.05, 3.63) is 65.9 Å². The van der Waals surface area contributed by atoms with E-state index < -0.39 is 0 Å². The van der Waals surface area contributed by atoms with Crippen molar-refractivity contribution in [1.29, 1.82) is 0 Å². The predicted molar refractivity (Wildman–Crippen MR) is 71.3 cm³/mol. The topological polar surface area (TPSA) is 38.1 Å². The average molecular weight is 256 g/mol. The Morgan fingerprint density at radius 1 is 1.21 bits per heavy atom. The van der Waals surface area contributed by atoms with Gasteiger partial charge in [-0.1, -0.05) is 18.2 Å². The Kier molecular flexibility index (Phi) is 3.01. The number of hydrogen-bond acceptors (Lipinski definition) is 3. The fourth-order valence-electron chi connectivity index (χ4n) is 2.14. The normalized spacial score (nSPS) is 12.7. The van der Waals surface area contributed by atoms with Crippen LogP contribution in [0.3, 0.4) is 0 Å². The fourth-order valence-corrected chi connectivity index (χ4v) is 2.14. The smallest absolute Gasteiger partial charge is 0.141 e. The van der Waals surface area contributed by atoms with Crippen LogP contribution in [-0.4, -0.2) is 12.0 Å². The van der Waals surface area contributed by atoms with Gasteiger partial charge in [0.1, 0.15) is 23.2 Å². The molecule has 4 heteroatoms. The molecule has 0 bridgehead atoms. The highest BCUT2D eigenvalue weighted by molar-refractivity contribution is 5.77. The zero-order valence-corrected chi connectivity index (χ0v) is 10.4. The monoisotopic (exact) mass is 256 g/mol. The van der Waals surface area contributed by atoms with Gasteiger partial charge in [0.05, 0.1) is 11.9 Å². The minimum atomic E-state index is -0.344. The zero-order valence-electron chi connectivity index (χ0n) is 10.4. The van der Waals surface area contributed by atoms with Gasteiger partial charge in [-0.3, -0.25) is 4.98 Å². The lowest BCUT2D eigenvalue weighted by atomic mass is 10.1. The second-order valence-electron chi connectivity index (χ2n) is 4.31. The minimum absolute atomic E-state index is 0.187. The Bertz CT molecular complexity index is 658. The van der Waals surface area contributed by atoms with E-state index in [4.69, 9.17) is 4.42 Å². The molecular weight excluding hydrogens is 243 g/mol. The number of pyridine rings is 1. The van der Waals surface area contributed by atoms with Gasteiger partial charge in [0, 0.05) is 5.39 Å². The van der Waals surface area contributed by atoms with Gasteiger partial charge in [0.25, 0.3) is 0 Å². The summed E-state index contributed by atoms with van der Waals surface area (Å²) in [6.07, 6.45) is 1.21. The molecule has 3 nitrogen and oxygen atoms in total.